The number of hydrogen-bond acceptors (Lipinski definition) is 5. The molecular weight excluding hydrogens is 308 g/mol. The van der Waals surface area contributed by atoms with Gasteiger partial charge in [0.2, 0.25) is 5.91 Å². The highest BCUT2D eigenvalue weighted by molar-refractivity contribution is 5.93. The molecule has 7 nitrogen and oxygen atoms in total. The zero-order valence-electron chi connectivity index (χ0n) is 13.8. The lowest BCUT2D eigenvalue weighted by Crippen LogP contribution is -2.31. The van der Waals surface area contributed by atoms with E-state index < -0.39 is 4.92 Å². The van der Waals surface area contributed by atoms with Gasteiger partial charge >= 0.3 is 0 Å². The molecule has 2 aromatic rings. The number of rotatable bonds is 4. The third kappa shape index (κ3) is 3.15. The topological polar surface area (TPSA) is 88.4 Å². The van der Waals surface area contributed by atoms with Crippen LogP contribution in [0.25, 0.3) is 10.9 Å². The number of carbonyl (C=O) groups excluding carboxylic acids is 1. The van der Waals surface area contributed by atoms with E-state index >= 15 is 0 Å². The molecule has 1 aliphatic heterocycles. The lowest BCUT2D eigenvalue weighted by atomic mass is 10.1. The molecule has 1 amide bonds. The smallest absolute Gasteiger partial charge is 0.270 e. The predicted molar refractivity (Wildman–Crippen MR) is 92.0 cm³/mol. The number of benzene rings is 1. The van der Waals surface area contributed by atoms with Crippen LogP contribution in [0.3, 0.4) is 0 Å². The van der Waals surface area contributed by atoms with Crippen molar-refractivity contribution in [1.29, 1.82) is 0 Å². The van der Waals surface area contributed by atoms with Crippen molar-refractivity contribution in [1.82, 2.24) is 9.88 Å². The van der Waals surface area contributed by atoms with Crippen molar-refractivity contribution in [3.8, 4) is 0 Å². The molecule has 0 aliphatic carbocycles. The number of anilines is 1. The number of likely N-dealkylation sites (tertiary alicyclic amines) is 1. The number of nitro benzene ring substituents is 1. The van der Waals surface area contributed by atoms with Crippen molar-refractivity contribution in [2.75, 3.05) is 18.4 Å². The number of nitrogens with one attached hydrogen (secondary N) is 1. The van der Waals surface area contributed by atoms with E-state index in [0.29, 0.717) is 13.0 Å². The first kappa shape index (κ1) is 16.2. The average Bonchev–Trinajstić information content (AvgIpc) is 3.02. The highest BCUT2D eigenvalue weighted by Gasteiger charge is 2.25. The summed E-state index contributed by atoms with van der Waals surface area (Å²) in [5, 5.41) is 15.2. The van der Waals surface area contributed by atoms with Crippen LogP contribution in [0.1, 0.15) is 25.5 Å². The minimum atomic E-state index is -0.402. The van der Waals surface area contributed by atoms with E-state index in [9.17, 15) is 14.9 Å². The van der Waals surface area contributed by atoms with Crippen molar-refractivity contribution < 1.29 is 9.72 Å². The summed E-state index contributed by atoms with van der Waals surface area (Å²) in [5.74, 6) is 0.158. The number of pyridine rings is 1. The third-order valence-corrected chi connectivity index (χ3v) is 4.33. The Morgan fingerprint density at radius 3 is 2.96 bits per heavy atom. The summed E-state index contributed by atoms with van der Waals surface area (Å²) in [6, 6.07) is 6.73. The van der Waals surface area contributed by atoms with Gasteiger partial charge in [0, 0.05) is 54.5 Å². The number of carbonyl (C=O) groups is 1. The van der Waals surface area contributed by atoms with Gasteiger partial charge in [-0.05, 0) is 25.5 Å². The zero-order chi connectivity index (χ0) is 17.3. The van der Waals surface area contributed by atoms with Gasteiger partial charge in [0.25, 0.3) is 5.69 Å². The molecule has 0 saturated carbocycles. The SMILES string of the molecule is CCC(=O)N1CC[C@H](Nc2cc(C)nc3ccc([N+](=O)[O-])cc23)C1. The summed E-state index contributed by atoms with van der Waals surface area (Å²) in [4.78, 5) is 28.7. The van der Waals surface area contributed by atoms with E-state index in [-0.39, 0.29) is 17.6 Å². The monoisotopic (exact) mass is 328 g/mol. The van der Waals surface area contributed by atoms with Crippen LogP contribution in [0.2, 0.25) is 0 Å². The summed E-state index contributed by atoms with van der Waals surface area (Å²) in [6.45, 7) is 5.16. The molecule has 7 heteroatoms. The van der Waals surface area contributed by atoms with Gasteiger partial charge in [-0.15, -0.1) is 0 Å². The van der Waals surface area contributed by atoms with Gasteiger partial charge in [0.1, 0.15) is 0 Å². The van der Waals surface area contributed by atoms with Crippen LogP contribution < -0.4 is 5.32 Å². The molecule has 0 bridgehead atoms. The maximum atomic E-state index is 11.8. The Labute approximate surface area is 139 Å². The Morgan fingerprint density at radius 1 is 1.46 bits per heavy atom. The number of hydrogen-bond donors (Lipinski definition) is 1. The lowest BCUT2D eigenvalue weighted by Gasteiger charge is -2.18. The first-order valence-electron chi connectivity index (χ1n) is 8.08. The molecule has 126 valence electrons. The van der Waals surface area contributed by atoms with E-state index in [1.54, 1.807) is 12.1 Å². The van der Waals surface area contributed by atoms with Gasteiger partial charge in [-0.2, -0.15) is 0 Å². The maximum Gasteiger partial charge on any atom is 0.270 e. The molecule has 0 spiro atoms. The minimum Gasteiger partial charge on any atom is -0.380 e. The minimum absolute atomic E-state index is 0.0467. The fourth-order valence-electron chi connectivity index (χ4n) is 3.13. The second kappa shape index (κ2) is 6.43. The number of nitro groups is 1. The van der Waals surface area contributed by atoms with Gasteiger partial charge in [-0.25, -0.2) is 0 Å². The normalized spacial score (nSPS) is 17.2. The number of nitrogens with zero attached hydrogens (tertiary/aromatic N) is 3. The Kier molecular flexibility index (Phi) is 4.33. The Hall–Kier alpha value is -2.70. The highest BCUT2D eigenvalue weighted by atomic mass is 16.6. The van der Waals surface area contributed by atoms with Crippen LogP contribution in [0.4, 0.5) is 11.4 Å². The molecule has 24 heavy (non-hydrogen) atoms. The largest absolute Gasteiger partial charge is 0.380 e. The zero-order valence-corrected chi connectivity index (χ0v) is 13.8. The molecule has 1 aromatic carbocycles. The summed E-state index contributed by atoms with van der Waals surface area (Å²) in [6.07, 6.45) is 1.37. The third-order valence-electron chi connectivity index (χ3n) is 4.33. The highest BCUT2D eigenvalue weighted by Crippen LogP contribution is 2.28. The molecule has 1 aromatic heterocycles. The summed E-state index contributed by atoms with van der Waals surface area (Å²) in [7, 11) is 0. The van der Waals surface area contributed by atoms with Gasteiger partial charge in [0.15, 0.2) is 0 Å². The van der Waals surface area contributed by atoms with Gasteiger partial charge in [-0.1, -0.05) is 6.92 Å². The summed E-state index contributed by atoms with van der Waals surface area (Å²) < 4.78 is 0. The number of fused-ring (bicyclic) bond motifs is 1. The second-order valence-corrected chi connectivity index (χ2v) is 6.09. The van der Waals surface area contributed by atoms with E-state index in [4.69, 9.17) is 0 Å². The Morgan fingerprint density at radius 2 is 2.25 bits per heavy atom. The van der Waals surface area contributed by atoms with E-state index in [1.807, 2.05) is 24.8 Å². The first-order chi connectivity index (χ1) is 11.5. The van der Waals surface area contributed by atoms with Crippen molar-refractivity contribution in [3.63, 3.8) is 0 Å². The predicted octanol–water partition coefficient (Wildman–Crippen LogP) is 2.87. The lowest BCUT2D eigenvalue weighted by molar-refractivity contribution is -0.384. The maximum absolute atomic E-state index is 11.8. The number of aryl methyl sites for hydroxylation is 1. The van der Waals surface area contributed by atoms with Crippen LogP contribution in [-0.2, 0) is 4.79 Å². The molecule has 1 fully saturated rings. The molecule has 1 aliphatic rings. The van der Waals surface area contributed by atoms with Crippen LogP contribution >= 0.6 is 0 Å². The van der Waals surface area contributed by atoms with Crippen molar-refractivity contribution in [3.05, 3.63) is 40.1 Å². The standard InChI is InChI=1S/C17H20N4O3/c1-3-17(22)20-7-6-12(10-20)19-16-8-11(2)18-15-5-4-13(21(23)24)9-14(15)16/h4-5,8-9,12H,3,6-7,10H2,1-2H3,(H,18,19)/t12-/m0/s1. The van der Waals surface area contributed by atoms with Crippen molar-refractivity contribution in [2.45, 2.75) is 32.7 Å². The average molecular weight is 328 g/mol. The van der Waals surface area contributed by atoms with Crippen LogP contribution in [0.5, 0.6) is 0 Å². The van der Waals surface area contributed by atoms with E-state index in [0.717, 1.165) is 35.2 Å². The molecule has 1 atom stereocenters. The van der Waals surface area contributed by atoms with Crippen LogP contribution in [0.15, 0.2) is 24.3 Å². The number of aromatic nitrogens is 1. The first-order valence-corrected chi connectivity index (χ1v) is 8.08. The van der Waals surface area contributed by atoms with Crippen molar-refractivity contribution >= 4 is 28.2 Å². The quantitative estimate of drug-likeness (QED) is 0.688. The van der Waals surface area contributed by atoms with E-state index in [2.05, 4.69) is 10.3 Å². The molecule has 0 radical (unpaired) electrons. The van der Waals surface area contributed by atoms with Crippen LogP contribution in [-0.4, -0.2) is 39.8 Å². The number of non-ortho nitro benzene ring substituents is 1. The van der Waals surface area contributed by atoms with Crippen LogP contribution in [0, 0.1) is 17.0 Å². The molecule has 3 rings (SSSR count). The number of amides is 1. The summed E-state index contributed by atoms with van der Waals surface area (Å²) >= 11 is 0. The molecular formula is C17H20N4O3. The van der Waals surface area contributed by atoms with Crippen molar-refractivity contribution in [2.24, 2.45) is 0 Å². The molecule has 1 saturated heterocycles. The van der Waals surface area contributed by atoms with Gasteiger partial charge in [0.05, 0.1) is 10.4 Å². The fraction of sp³-hybridized carbons (Fsp3) is 0.412. The molecule has 2 heterocycles. The molecule has 0 unspecified atom stereocenters. The summed E-state index contributed by atoms with van der Waals surface area (Å²) in [5.41, 5.74) is 2.45. The fourth-order valence-corrected chi connectivity index (χ4v) is 3.13. The van der Waals surface area contributed by atoms with Gasteiger partial charge in [-0.3, -0.25) is 19.9 Å². The Bertz CT molecular complexity index is 806. The van der Waals surface area contributed by atoms with Gasteiger partial charge < -0.3 is 10.2 Å². The Balaban J connectivity index is 1.90. The second-order valence-electron chi connectivity index (χ2n) is 6.09. The molecule has 1 N–H and O–H groups in total. The van der Waals surface area contributed by atoms with E-state index in [1.165, 1.54) is 6.07 Å².